The summed E-state index contributed by atoms with van der Waals surface area (Å²) in [6.07, 6.45) is -3.92. The third kappa shape index (κ3) is 4.38. The van der Waals surface area contributed by atoms with Gasteiger partial charge in [-0.1, -0.05) is 49.4 Å². The minimum absolute atomic E-state index is 0.340. The quantitative estimate of drug-likeness (QED) is 0.637. The summed E-state index contributed by atoms with van der Waals surface area (Å²) in [5, 5.41) is 0. The summed E-state index contributed by atoms with van der Waals surface area (Å²) in [5.74, 6) is -0.699. The van der Waals surface area contributed by atoms with Gasteiger partial charge in [-0.3, -0.25) is 4.79 Å². The molecular weight excluding hydrogens is 369 g/mol. The maximum absolute atomic E-state index is 13.1. The zero-order chi connectivity index (χ0) is 20.3. The minimum atomic E-state index is -4.50. The number of carbonyl (C=O) groups excluding carboxylic acids is 1. The number of carbonyl (C=O) groups is 1. The van der Waals surface area contributed by atoms with Gasteiger partial charge < -0.3 is 9.47 Å². The number of ether oxygens (including phenoxy) is 2. The first kappa shape index (κ1) is 20.0. The van der Waals surface area contributed by atoms with Crippen LogP contribution in [0.4, 0.5) is 13.2 Å². The Bertz CT molecular complexity index is 872. The van der Waals surface area contributed by atoms with E-state index < -0.39 is 35.8 Å². The van der Waals surface area contributed by atoms with Crippen molar-refractivity contribution < 1.29 is 27.4 Å². The number of methoxy groups -OCH3 is 1. The summed E-state index contributed by atoms with van der Waals surface area (Å²) in [5.41, 5.74) is 0.785. The van der Waals surface area contributed by atoms with E-state index in [1.807, 2.05) is 30.3 Å². The van der Waals surface area contributed by atoms with Gasteiger partial charge in [0, 0.05) is 23.8 Å². The highest BCUT2D eigenvalue weighted by molar-refractivity contribution is 5.86. The van der Waals surface area contributed by atoms with Crippen LogP contribution >= 0.6 is 0 Å². The molecule has 0 fully saturated rings. The van der Waals surface area contributed by atoms with Gasteiger partial charge in [-0.25, -0.2) is 0 Å². The number of alkyl halides is 3. The summed E-state index contributed by atoms with van der Waals surface area (Å²) in [6.45, 7) is 2.00. The number of halogens is 3. The van der Waals surface area contributed by atoms with Crippen LogP contribution in [0.1, 0.15) is 30.4 Å². The molecule has 28 heavy (non-hydrogen) atoms. The average Bonchev–Trinajstić information content (AvgIpc) is 2.68. The zero-order valence-electron chi connectivity index (χ0n) is 15.6. The Morgan fingerprint density at radius 2 is 1.79 bits per heavy atom. The van der Waals surface area contributed by atoms with Gasteiger partial charge in [0.05, 0.1) is 7.11 Å². The molecule has 3 nitrogen and oxygen atoms in total. The van der Waals surface area contributed by atoms with E-state index in [0.29, 0.717) is 23.7 Å². The molecule has 1 aliphatic carbocycles. The molecule has 2 aromatic carbocycles. The molecule has 0 radical (unpaired) electrons. The molecule has 2 unspecified atom stereocenters. The molecule has 0 bridgehead atoms. The maximum atomic E-state index is 13.1. The summed E-state index contributed by atoms with van der Waals surface area (Å²) >= 11 is 0. The van der Waals surface area contributed by atoms with Crippen molar-refractivity contribution in [3.63, 3.8) is 0 Å². The number of ketones is 1. The van der Waals surface area contributed by atoms with Crippen LogP contribution in [0.15, 0.2) is 60.2 Å². The van der Waals surface area contributed by atoms with Crippen molar-refractivity contribution in [2.45, 2.75) is 32.0 Å². The predicted molar refractivity (Wildman–Crippen MR) is 99.4 cm³/mol. The Balaban J connectivity index is 1.87. The van der Waals surface area contributed by atoms with Crippen LogP contribution in [0.2, 0.25) is 0 Å². The largest absolute Gasteiger partial charge is 0.493 e. The Morgan fingerprint density at radius 3 is 2.43 bits per heavy atom. The van der Waals surface area contributed by atoms with Crippen LogP contribution in [0, 0.1) is 5.92 Å². The molecule has 0 N–H and O–H groups in total. The Hall–Kier alpha value is -2.76. The van der Waals surface area contributed by atoms with E-state index in [1.54, 1.807) is 25.1 Å². The van der Waals surface area contributed by atoms with Gasteiger partial charge in [0.15, 0.2) is 11.5 Å². The van der Waals surface area contributed by atoms with Crippen molar-refractivity contribution >= 4 is 5.78 Å². The molecular formula is C22H21F3O3. The molecule has 148 valence electrons. The summed E-state index contributed by atoms with van der Waals surface area (Å²) < 4.78 is 50.6. The number of hydrogen-bond acceptors (Lipinski definition) is 3. The minimum Gasteiger partial charge on any atom is -0.493 e. The highest BCUT2D eigenvalue weighted by atomic mass is 19.4. The van der Waals surface area contributed by atoms with Crippen LogP contribution in [0.25, 0.3) is 0 Å². The molecule has 6 heteroatoms. The lowest BCUT2D eigenvalue weighted by atomic mass is 9.77. The zero-order valence-corrected chi connectivity index (χ0v) is 15.6. The van der Waals surface area contributed by atoms with Gasteiger partial charge in [0.2, 0.25) is 0 Å². The molecule has 0 spiro atoms. The van der Waals surface area contributed by atoms with Crippen LogP contribution in [-0.4, -0.2) is 19.1 Å². The fourth-order valence-corrected chi connectivity index (χ4v) is 3.29. The summed E-state index contributed by atoms with van der Waals surface area (Å²) in [7, 11) is 1.47. The van der Waals surface area contributed by atoms with Crippen LogP contribution in [0.3, 0.4) is 0 Å². The second kappa shape index (κ2) is 8.09. The van der Waals surface area contributed by atoms with Crippen molar-refractivity contribution in [1.29, 1.82) is 0 Å². The third-order valence-corrected chi connectivity index (χ3v) is 4.97. The van der Waals surface area contributed by atoms with E-state index in [4.69, 9.17) is 9.47 Å². The second-order valence-corrected chi connectivity index (χ2v) is 6.83. The van der Waals surface area contributed by atoms with Crippen LogP contribution in [0.5, 0.6) is 11.5 Å². The first-order valence-electron chi connectivity index (χ1n) is 8.95. The smallest absolute Gasteiger partial charge is 0.412 e. The number of Topliss-reactive ketones (excluding diaryl/α,β-unsaturated/α-hetero) is 1. The lowest BCUT2D eigenvalue weighted by Crippen LogP contribution is -2.28. The van der Waals surface area contributed by atoms with E-state index in [1.165, 1.54) is 7.11 Å². The molecule has 0 amide bonds. The van der Waals surface area contributed by atoms with E-state index in [9.17, 15) is 18.0 Å². The predicted octanol–water partition coefficient (Wildman–Crippen LogP) is 5.46. The Morgan fingerprint density at radius 1 is 1.07 bits per heavy atom. The van der Waals surface area contributed by atoms with Crippen molar-refractivity contribution in [1.82, 2.24) is 0 Å². The van der Waals surface area contributed by atoms with Crippen molar-refractivity contribution in [3.05, 3.63) is 71.3 Å². The van der Waals surface area contributed by atoms with E-state index in [0.717, 1.165) is 11.6 Å². The van der Waals surface area contributed by atoms with Crippen LogP contribution < -0.4 is 9.47 Å². The number of hydrogen-bond donors (Lipinski definition) is 0. The first-order chi connectivity index (χ1) is 13.3. The van der Waals surface area contributed by atoms with Gasteiger partial charge in [0.25, 0.3) is 0 Å². The van der Waals surface area contributed by atoms with Gasteiger partial charge in [-0.15, -0.1) is 0 Å². The van der Waals surface area contributed by atoms with E-state index in [-0.39, 0.29) is 0 Å². The molecule has 0 aromatic heterocycles. The summed E-state index contributed by atoms with van der Waals surface area (Å²) in [6, 6.07) is 14.6. The number of allylic oxidation sites excluding steroid dienone is 2. The molecule has 0 heterocycles. The molecule has 3 rings (SSSR count). The highest BCUT2D eigenvalue weighted by Gasteiger charge is 2.41. The second-order valence-electron chi connectivity index (χ2n) is 6.83. The fourth-order valence-electron chi connectivity index (χ4n) is 3.29. The van der Waals surface area contributed by atoms with Gasteiger partial charge in [-0.2, -0.15) is 13.2 Å². The van der Waals surface area contributed by atoms with Gasteiger partial charge in [-0.05, 0) is 23.3 Å². The van der Waals surface area contributed by atoms with Crippen molar-refractivity contribution in [2.24, 2.45) is 5.92 Å². The SMILES string of the molecule is COc1cc(C2C=C(C(F)(F)F)CC(=O)C2C)ccc1OCc1ccccc1. The monoisotopic (exact) mass is 390 g/mol. The van der Waals surface area contributed by atoms with E-state index >= 15 is 0 Å². The number of rotatable bonds is 5. The molecule has 0 aliphatic heterocycles. The third-order valence-electron chi connectivity index (χ3n) is 4.97. The van der Waals surface area contributed by atoms with Gasteiger partial charge in [0.1, 0.15) is 12.4 Å². The van der Waals surface area contributed by atoms with Gasteiger partial charge >= 0.3 is 6.18 Å². The van der Waals surface area contributed by atoms with E-state index in [2.05, 4.69) is 0 Å². The normalized spacial score (nSPS) is 19.9. The average molecular weight is 390 g/mol. The standard InChI is InChI=1S/C22H21F3O3/c1-14-18(11-17(12-19(14)26)22(23,24)25)16-8-9-20(21(10-16)27-2)28-13-15-6-4-3-5-7-15/h3-11,14,18H,12-13H2,1-2H3. The molecule has 2 atom stereocenters. The first-order valence-corrected chi connectivity index (χ1v) is 8.95. The molecule has 0 saturated carbocycles. The van der Waals surface area contributed by atoms with Crippen LogP contribution in [-0.2, 0) is 11.4 Å². The molecule has 2 aromatic rings. The molecule has 0 saturated heterocycles. The Labute approximate surface area is 161 Å². The van der Waals surface area contributed by atoms with Crippen molar-refractivity contribution in [3.8, 4) is 11.5 Å². The lowest BCUT2D eigenvalue weighted by Gasteiger charge is -2.28. The fraction of sp³-hybridized carbons (Fsp3) is 0.318. The maximum Gasteiger partial charge on any atom is 0.412 e. The topological polar surface area (TPSA) is 35.5 Å². The Kier molecular flexibility index (Phi) is 5.77. The molecule has 1 aliphatic rings. The highest BCUT2D eigenvalue weighted by Crippen LogP contribution is 2.42. The lowest BCUT2D eigenvalue weighted by molar-refractivity contribution is -0.127. The van der Waals surface area contributed by atoms with Crippen molar-refractivity contribution in [2.75, 3.05) is 7.11 Å². The summed E-state index contributed by atoms with van der Waals surface area (Å²) in [4.78, 5) is 12.1. The number of benzene rings is 2.